The molecule has 1 aromatic carbocycles. The molecule has 0 fully saturated rings. The van der Waals surface area contributed by atoms with Crippen molar-refractivity contribution in [3.8, 4) is 5.75 Å². The monoisotopic (exact) mass is 263 g/mol. The van der Waals surface area contributed by atoms with Gasteiger partial charge >= 0.3 is 6.61 Å². The van der Waals surface area contributed by atoms with Gasteiger partial charge < -0.3 is 10.1 Å². The number of rotatable bonds is 6. The molecule has 0 saturated heterocycles. The van der Waals surface area contributed by atoms with Crippen LogP contribution in [-0.2, 0) is 0 Å². The van der Waals surface area contributed by atoms with E-state index in [1.165, 1.54) is 24.3 Å². The molecule has 1 rings (SSSR count). The third kappa shape index (κ3) is 4.99. The summed E-state index contributed by atoms with van der Waals surface area (Å²) in [5.74, 6) is 0.234. The Hall–Kier alpha value is -1.36. The van der Waals surface area contributed by atoms with E-state index < -0.39 is 6.61 Å². The molecule has 6 heteroatoms. The van der Waals surface area contributed by atoms with Crippen LogP contribution in [0.2, 0.25) is 0 Å². The minimum Gasteiger partial charge on any atom is -0.435 e. The Morgan fingerprint density at radius 1 is 1.35 bits per heavy atom. The molecule has 3 nitrogen and oxygen atoms in total. The van der Waals surface area contributed by atoms with Gasteiger partial charge in [0.1, 0.15) is 5.75 Å². The standard InChI is InChI=1S/C11H12ClF2NO2/c12-6-1-7-15-10(16)8-2-4-9(5-3-8)17-11(13)14/h2-5,11H,1,6-7H2,(H,15,16). The first kappa shape index (κ1) is 13.7. The van der Waals surface area contributed by atoms with E-state index in [0.29, 0.717) is 24.4 Å². The number of halogens is 3. The Kier molecular flexibility index (Phi) is 5.69. The second-order valence-corrected chi connectivity index (χ2v) is 3.58. The van der Waals surface area contributed by atoms with E-state index in [2.05, 4.69) is 10.1 Å². The van der Waals surface area contributed by atoms with Gasteiger partial charge in [-0.05, 0) is 30.7 Å². The fourth-order valence-corrected chi connectivity index (χ4v) is 1.29. The van der Waals surface area contributed by atoms with Crippen molar-refractivity contribution in [2.45, 2.75) is 13.0 Å². The summed E-state index contributed by atoms with van der Waals surface area (Å²) >= 11 is 5.46. The highest BCUT2D eigenvalue weighted by Crippen LogP contribution is 2.14. The Labute approximate surface area is 103 Å². The molecule has 0 aliphatic rings. The van der Waals surface area contributed by atoms with Crippen LogP contribution in [0.3, 0.4) is 0 Å². The number of amides is 1. The zero-order valence-corrected chi connectivity index (χ0v) is 9.71. The lowest BCUT2D eigenvalue weighted by atomic mass is 10.2. The highest BCUT2D eigenvalue weighted by Gasteiger charge is 2.07. The van der Waals surface area contributed by atoms with Gasteiger partial charge in [-0.2, -0.15) is 8.78 Å². The lowest BCUT2D eigenvalue weighted by Crippen LogP contribution is -2.24. The van der Waals surface area contributed by atoms with Crippen molar-refractivity contribution in [2.75, 3.05) is 12.4 Å². The predicted octanol–water partition coefficient (Wildman–Crippen LogP) is 2.65. The third-order valence-corrected chi connectivity index (χ3v) is 2.20. The topological polar surface area (TPSA) is 38.3 Å². The number of nitrogens with one attached hydrogen (secondary N) is 1. The minimum absolute atomic E-state index is 0.0253. The molecule has 0 bridgehead atoms. The van der Waals surface area contributed by atoms with Crippen molar-refractivity contribution in [1.29, 1.82) is 0 Å². The minimum atomic E-state index is -2.86. The van der Waals surface area contributed by atoms with Gasteiger partial charge in [-0.1, -0.05) is 0 Å². The summed E-state index contributed by atoms with van der Waals surface area (Å²) in [6.45, 7) is -2.38. The second kappa shape index (κ2) is 7.06. The van der Waals surface area contributed by atoms with E-state index in [1.807, 2.05) is 0 Å². The Morgan fingerprint density at radius 3 is 2.53 bits per heavy atom. The number of carbonyl (C=O) groups excluding carboxylic acids is 1. The summed E-state index contributed by atoms with van der Waals surface area (Å²) in [5.41, 5.74) is 0.390. The molecule has 0 spiro atoms. The Bertz CT molecular complexity index is 357. The summed E-state index contributed by atoms with van der Waals surface area (Å²) in [6.07, 6.45) is 0.680. The van der Waals surface area contributed by atoms with E-state index >= 15 is 0 Å². The zero-order chi connectivity index (χ0) is 12.7. The first-order valence-corrected chi connectivity index (χ1v) is 5.56. The van der Waals surface area contributed by atoms with Crippen molar-refractivity contribution in [3.05, 3.63) is 29.8 Å². The molecule has 0 aliphatic carbocycles. The number of carbonyl (C=O) groups is 1. The first-order chi connectivity index (χ1) is 8.13. The zero-order valence-electron chi connectivity index (χ0n) is 8.96. The molecule has 1 N–H and O–H groups in total. The van der Waals surface area contributed by atoms with Crippen molar-refractivity contribution in [1.82, 2.24) is 5.32 Å². The van der Waals surface area contributed by atoms with Gasteiger partial charge in [0, 0.05) is 18.0 Å². The highest BCUT2D eigenvalue weighted by molar-refractivity contribution is 6.17. The second-order valence-electron chi connectivity index (χ2n) is 3.20. The van der Waals surface area contributed by atoms with Crippen LogP contribution in [0, 0.1) is 0 Å². The maximum atomic E-state index is 11.9. The number of hydrogen-bond acceptors (Lipinski definition) is 2. The summed E-state index contributed by atoms with van der Waals surface area (Å²) in [5, 5.41) is 2.65. The number of alkyl halides is 3. The highest BCUT2D eigenvalue weighted by atomic mass is 35.5. The molecule has 0 atom stereocenters. The van der Waals surface area contributed by atoms with Crippen molar-refractivity contribution >= 4 is 17.5 Å². The first-order valence-electron chi connectivity index (χ1n) is 5.02. The van der Waals surface area contributed by atoms with Crippen LogP contribution in [-0.4, -0.2) is 24.9 Å². The number of hydrogen-bond donors (Lipinski definition) is 1. The normalized spacial score (nSPS) is 10.4. The fourth-order valence-electron chi connectivity index (χ4n) is 1.16. The fraction of sp³-hybridized carbons (Fsp3) is 0.364. The molecular formula is C11H12ClF2NO2. The van der Waals surface area contributed by atoms with Gasteiger partial charge in [-0.25, -0.2) is 0 Å². The van der Waals surface area contributed by atoms with Crippen molar-refractivity contribution < 1.29 is 18.3 Å². The molecule has 1 aromatic rings. The molecule has 0 aliphatic heterocycles. The smallest absolute Gasteiger partial charge is 0.387 e. The van der Waals surface area contributed by atoms with E-state index in [1.54, 1.807) is 0 Å². The van der Waals surface area contributed by atoms with Gasteiger partial charge in [0.25, 0.3) is 5.91 Å². The Morgan fingerprint density at radius 2 is 2.00 bits per heavy atom. The molecular weight excluding hydrogens is 252 g/mol. The van der Waals surface area contributed by atoms with E-state index in [4.69, 9.17) is 11.6 Å². The maximum Gasteiger partial charge on any atom is 0.387 e. The molecule has 17 heavy (non-hydrogen) atoms. The molecule has 0 heterocycles. The van der Waals surface area contributed by atoms with E-state index in [-0.39, 0.29) is 11.7 Å². The molecule has 0 saturated carbocycles. The number of ether oxygens (including phenoxy) is 1. The quantitative estimate of drug-likeness (QED) is 0.633. The van der Waals surface area contributed by atoms with Crippen LogP contribution in [0.5, 0.6) is 5.75 Å². The largest absolute Gasteiger partial charge is 0.435 e. The molecule has 0 unspecified atom stereocenters. The molecule has 94 valence electrons. The van der Waals surface area contributed by atoms with Crippen molar-refractivity contribution in [2.24, 2.45) is 0 Å². The summed E-state index contributed by atoms with van der Waals surface area (Å²) in [4.78, 5) is 11.5. The van der Waals surface area contributed by atoms with Gasteiger partial charge in [0.05, 0.1) is 0 Å². The van der Waals surface area contributed by atoms with Gasteiger partial charge in [-0.3, -0.25) is 4.79 Å². The van der Waals surface area contributed by atoms with Crippen LogP contribution >= 0.6 is 11.6 Å². The van der Waals surface area contributed by atoms with Gasteiger partial charge in [-0.15, -0.1) is 11.6 Å². The van der Waals surface area contributed by atoms with E-state index in [9.17, 15) is 13.6 Å². The summed E-state index contributed by atoms with van der Waals surface area (Å²) < 4.78 is 27.9. The van der Waals surface area contributed by atoms with Crippen LogP contribution in [0.15, 0.2) is 24.3 Å². The van der Waals surface area contributed by atoms with E-state index in [0.717, 1.165) is 0 Å². The predicted molar refractivity (Wildman–Crippen MR) is 60.7 cm³/mol. The number of benzene rings is 1. The van der Waals surface area contributed by atoms with Crippen molar-refractivity contribution in [3.63, 3.8) is 0 Å². The summed E-state index contributed by atoms with van der Waals surface area (Å²) in [7, 11) is 0. The Balaban J connectivity index is 2.52. The van der Waals surface area contributed by atoms with Crippen LogP contribution in [0.4, 0.5) is 8.78 Å². The lowest BCUT2D eigenvalue weighted by Gasteiger charge is -2.06. The SMILES string of the molecule is O=C(NCCCCl)c1ccc(OC(F)F)cc1. The van der Waals surface area contributed by atoms with Gasteiger partial charge in [0.15, 0.2) is 0 Å². The average Bonchev–Trinajstić information content (AvgIpc) is 2.29. The third-order valence-electron chi connectivity index (χ3n) is 1.94. The maximum absolute atomic E-state index is 11.9. The molecule has 0 aromatic heterocycles. The van der Waals surface area contributed by atoms with Crippen LogP contribution < -0.4 is 10.1 Å². The lowest BCUT2D eigenvalue weighted by molar-refractivity contribution is -0.0498. The summed E-state index contributed by atoms with van der Waals surface area (Å²) in [6, 6.07) is 5.49. The molecule has 1 amide bonds. The van der Waals surface area contributed by atoms with Gasteiger partial charge in [0.2, 0.25) is 0 Å². The average molecular weight is 264 g/mol. The van der Waals surface area contributed by atoms with Crippen LogP contribution in [0.1, 0.15) is 16.8 Å². The molecule has 0 radical (unpaired) electrons. The van der Waals surface area contributed by atoms with Crippen LogP contribution in [0.25, 0.3) is 0 Å².